The lowest BCUT2D eigenvalue weighted by Gasteiger charge is -2.20. The molecular weight excluding hydrogens is 295 g/mol. The molecule has 0 unspecified atom stereocenters. The van der Waals surface area contributed by atoms with Gasteiger partial charge in [-0.3, -0.25) is 9.59 Å². The maximum Gasteiger partial charge on any atom is 0.255 e. The van der Waals surface area contributed by atoms with Crippen LogP contribution in [0.25, 0.3) is 0 Å². The van der Waals surface area contributed by atoms with Crippen LogP contribution < -0.4 is 10.6 Å². The van der Waals surface area contributed by atoms with Gasteiger partial charge in [0.05, 0.1) is 5.69 Å². The van der Waals surface area contributed by atoms with Gasteiger partial charge in [0.1, 0.15) is 5.82 Å². The highest BCUT2D eigenvalue weighted by molar-refractivity contribution is 6.06. The first-order chi connectivity index (χ1) is 10.8. The topological polar surface area (TPSA) is 58.2 Å². The van der Waals surface area contributed by atoms with E-state index in [9.17, 15) is 14.0 Å². The summed E-state index contributed by atoms with van der Waals surface area (Å²) < 4.78 is 13.6. The second kappa shape index (κ2) is 6.60. The van der Waals surface area contributed by atoms with Crippen LogP contribution in [-0.2, 0) is 0 Å². The molecule has 0 aliphatic carbocycles. The molecule has 0 spiro atoms. The largest absolute Gasteiger partial charge is 0.347 e. The Labute approximate surface area is 134 Å². The maximum absolute atomic E-state index is 13.6. The summed E-state index contributed by atoms with van der Waals surface area (Å²) in [5, 5.41) is 5.32. The normalized spacial score (nSPS) is 11.0. The summed E-state index contributed by atoms with van der Waals surface area (Å²) in [7, 11) is 0. The molecule has 2 N–H and O–H groups in total. The van der Waals surface area contributed by atoms with E-state index in [4.69, 9.17) is 0 Å². The Morgan fingerprint density at radius 2 is 1.52 bits per heavy atom. The van der Waals surface area contributed by atoms with Gasteiger partial charge in [-0.2, -0.15) is 0 Å². The predicted molar refractivity (Wildman–Crippen MR) is 88.0 cm³/mol. The number of para-hydroxylation sites is 1. The van der Waals surface area contributed by atoms with Gasteiger partial charge in [-0.1, -0.05) is 18.2 Å². The highest BCUT2D eigenvalue weighted by Crippen LogP contribution is 2.15. The summed E-state index contributed by atoms with van der Waals surface area (Å²) in [6, 6.07) is 12.2. The Bertz CT molecular complexity index is 736. The molecule has 120 valence electrons. The third-order valence-electron chi connectivity index (χ3n) is 3.00. The molecule has 0 aliphatic rings. The SMILES string of the molecule is CC(C)(C)NC(=O)c1cccc(C(=O)Nc2ccccc2F)c1. The fourth-order valence-corrected chi connectivity index (χ4v) is 1.97. The zero-order valence-corrected chi connectivity index (χ0v) is 13.3. The molecule has 2 aromatic carbocycles. The van der Waals surface area contributed by atoms with Crippen LogP contribution >= 0.6 is 0 Å². The molecule has 0 saturated heterocycles. The molecule has 0 aromatic heterocycles. The molecule has 0 heterocycles. The third-order valence-corrected chi connectivity index (χ3v) is 3.00. The molecule has 0 aliphatic heterocycles. The van der Waals surface area contributed by atoms with Crippen molar-refractivity contribution in [3.05, 3.63) is 65.5 Å². The molecule has 5 heteroatoms. The first-order valence-corrected chi connectivity index (χ1v) is 7.25. The summed E-state index contributed by atoms with van der Waals surface area (Å²) in [5.41, 5.74) is 0.390. The van der Waals surface area contributed by atoms with E-state index in [0.29, 0.717) is 5.56 Å². The molecule has 0 radical (unpaired) electrons. The van der Waals surface area contributed by atoms with Crippen LogP contribution in [0.2, 0.25) is 0 Å². The number of amides is 2. The molecule has 0 atom stereocenters. The summed E-state index contributed by atoms with van der Waals surface area (Å²) in [4.78, 5) is 24.4. The summed E-state index contributed by atoms with van der Waals surface area (Å²) >= 11 is 0. The predicted octanol–water partition coefficient (Wildman–Crippen LogP) is 3.61. The number of hydrogen-bond acceptors (Lipinski definition) is 2. The summed E-state index contributed by atoms with van der Waals surface area (Å²) in [5.74, 6) is -1.25. The van der Waals surface area contributed by atoms with Crippen molar-refractivity contribution in [1.82, 2.24) is 5.32 Å². The zero-order valence-electron chi connectivity index (χ0n) is 13.3. The molecular formula is C18H19FN2O2. The van der Waals surface area contributed by atoms with Crippen LogP contribution in [0.3, 0.4) is 0 Å². The minimum atomic E-state index is -0.512. The van der Waals surface area contributed by atoms with Crippen molar-refractivity contribution in [2.75, 3.05) is 5.32 Å². The van der Waals surface area contributed by atoms with Crippen LogP contribution in [0.1, 0.15) is 41.5 Å². The van der Waals surface area contributed by atoms with Crippen molar-refractivity contribution in [3.8, 4) is 0 Å². The van der Waals surface area contributed by atoms with Gasteiger partial charge in [0, 0.05) is 16.7 Å². The van der Waals surface area contributed by atoms with E-state index in [1.807, 2.05) is 20.8 Å². The van der Waals surface area contributed by atoms with E-state index >= 15 is 0 Å². The third kappa shape index (κ3) is 4.64. The van der Waals surface area contributed by atoms with Crippen molar-refractivity contribution < 1.29 is 14.0 Å². The standard InChI is InChI=1S/C18H19FN2O2/c1-18(2,3)21-17(23)13-8-6-7-12(11-13)16(22)20-15-10-5-4-9-14(15)19/h4-11H,1-3H3,(H,20,22)(H,21,23). The Morgan fingerprint density at radius 1 is 0.913 bits per heavy atom. The Kier molecular flexibility index (Phi) is 4.79. The van der Waals surface area contributed by atoms with Crippen LogP contribution in [0.15, 0.2) is 48.5 Å². The van der Waals surface area contributed by atoms with Gasteiger partial charge < -0.3 is 10.6 Å². The minimum absolute atomic E-state index is 0.0991. The van der Waals surface area contributed by atoms with Gasteiger partial charge >= 0.3 is 0 Å². The molecule has 2 aromatic rings. The van der Waals surface area contributed by atoms with Crippen molar-refractivity contribution >= 4 is 17.5 Å². The molecule has 2 amide bonds. The Hall–Kier alpha value is -2.69. The van der Waals surface area contributed by atoms with Crippen molar-refractivity contribution in [3.63, 3.8) is 0 Å². The van der Waals surface area contributed by atoms with E-state index in [0.717, 1.165) is 0 Å². The van der Waals surface area contributed by atoms with E-state index in [1.165, 1.54) is 18.2 Å². The fraction of sp³-hybridized carbons (Fsp3) is 0.222. The van der Waals surface area contributed by atoms with Gasteiger partial charge in [0.25, 0.3) is 11.8 Å². The quantitative estimate of drug-likeness (QED) is 0.909. The Balaban J connectivity index is 2.18. The average Bonchev–Trinajstić information content (AvgIpc) is 2.48. The zero-order chi connectivity index (χ0) is 17.0. The molecule has 0 bridgehead atoms. The highest BCUT2D eigenvalue weighted by Gasteiger charge is 2.17. The van der Waals surface area contributed by atoms with Gasteiger partial charge in [-0.25, -0.2) is 4.39 Å². The number of carbonyl (C=O) groups excluding carboxylic acids is 2. The van der Waals surface area contributed by atoms with Crippen LogP contribution in [0.4, 0.5) is 10.1 Å². The lowest BCUT2D eigenvalue weighted by molar-refractivity contribution is 0.0919. The second-order valence-electron chi connectivity index (χ2n) is 6.22. The van der Waals surface area contributed by atoms with Crippen LogP contribution in [0.5, 0.6) is 0 Å². The van der Waals surface area contributed by atoms with Gasteiger partial charge in [-0.15, -0.1) is 0 Å². The molecule has 23 heavy (non-hydrogen) atoms. The number of halogens is 1. The highest BCUT2D eigenvalue weighted by atomic mass is 19.1. The first-order valence-electron chi connectivity index (χ1n) is 7.25. The smallest absolute Gasteiger partial charge is 0.255 e. The van der Waals surface area contributed by atoms with Crippen LogP contribution in [-0.4, -0.2) is 17.4 Å². The van der Waals surface area contributed by atoms with Crippen molar-refractivity contribution in [2.24, 2.45) is 0 Å². The number of carbonyl (C=O) groups is 2. The number of benzene rings is 2. The minimum Gasteiger partial charge on any atom is -0.347 e. The summed E-state index contributed by atoms with van der Waals surface area (Å²) in [6.07, 6.45) is 0. The monoisotopic (exact) mass is 314 g/mol. The van der Waals surface area contributed by atoms with Crippen molar-refractivity contribution in [1.29, 1.82) is 0 Å². The van der Waals surface area contributed by atoms with E-state index < -0.39 is 11.7 Å². The van der Waals surface area contributed by atoms with Gasteiger partial charge in [0.2, 0.25) is 0 Å². The number of hydrogen-bond donors (Lipinski definition) is 2. The lowest BCUT2D eigenvalue weighted by Crippen LogP contribution is -2.40. The number of anilines is 1. The van der Waals surface area contributed by atoms with Crippen molar-refractivity contribution in [2.45, 2.75) is 26.3 Å². The first kappa shape index (κ1) is 16.7. The van der Waals surface area contributed by atoms with E-state index in [1.54, 1.807) is 30.3 Å². The van der Waals surface area contributed by atoms with Gasteiger partial charge in [-0.05, 0) is 51.1 Å². The fourth-order valence-electron chi connectivity index (χ4n) is 1.97. The lowest BCUT2D eigenvalue weighted by atomic mass is 10.1. The maximum atomic E-state index is 13.6. The molecule has 2 rings (SSSR count). The molecule has 4 nitrogen and oxygen atoms in total. The van der Waals surface area contributed by atoms with Gasteiger partial charge in [0.15, 0.2) is 0 Å². The molecule has 0 saturated carbocycles. The number of rotatable bonds is 3. The molecule has 0 fully saturated rings. The van der Waals surface area contributed by atoms with Crippen LogP contribution in [0, 0.1) is 5.82 Å². The second-order valence-corrected chi connectivity index (χ2v) is 6.22. The Morgan fingerprint density at radius 3 is 2.13 bits per heavy atom. The average molecular weight is 314 g/mol. The number of nitrogens with one attached hydrogen (secondary N) is 2. The van der Waals surface area contributed by atoms with E-state index in [-0.39, 0.29) is 22.7 Å². The van der Waals surface area contributed by atoms with E-state index in [2.05, 4.69) is 10.6 Å². The summed E-state index contributed by atoms with van der Waals surface area (Å²) in [6.45, 7) is 5.62.